The van der Waals surface area contributed by atoms with E-state index in [1.807, 2.05) is 0 Å². The van der Waals surface area contributed by atoms with Crippen LogP contribution in [0, 0.1) is 5.82 Å². The molecule has 0 saturated heterocycles. The average Bonchev–Trinajstić information content (AvgIpc) is 3.33. The van der Waals surface area contributed by atoms with Gasteiger partial charge in [0.15, 0.2) is 22.9 Å². The smallest absolute Gasteiger partial charge is 0.198 e. The van der Waals surface area contributed by atoms with E-state index in [2.05, 4.69) is 20.4 Å². The van der Waals surface area contributed by atoms with Gasteiger partial charge in [0.05, 0.1) is 22.9 Å². The molecule has 0 radical (unpaired) electrons. The largest absolute Gasteiger partial charge is 0.494 e. The van der Waals surface area contributed by atoms with Crippen LogP contribution in [0.25, 0.3) is 11.7 Å². The first-order valence-corrected chi connectivity index (χ1v) is 9.61. The minimum Gasteiger partial charge on any atom is -0.494 e. The molecule has 0 amide bonds. The van der Waals surface area contributed by atoms with E-state index in [0.717, 1.165) is 12.8 Å². The minimum atomic E-state index is -0.430. The molecule has 4 aromatic rings. The third kappa shape index (κ3) is 3.55. The lowest BCUT2D eigenvalue weighted by atomic mass is 10.2. The van der Waals surface area contributed by atoms with Crippen LogP contribution >= 0.6 is 11.6 Å². The molecule has 3 heterocycles. The van der Waals surface area contributed by atoms with Crippen molar-refractivity contribution in [2.24, 2.45) is 4.99 Å². The first kappa shape index (κ1) is 18.4. The molecule has 1 aliphatic carbocycles. The third-order valence-electron chi connectivity index (χ3n) is 4.66. The molecule has 0 aliphatic heterocycles. The summed E-state index contributed by atoms with van der Waals surface area (Å²) in [6.45, 7) is 0. The Hall–Kier alpha value is -3.59. The van der Waals surface area contributed by atoms with Crippen LogP contribution in [-0.4, -0.2) is 35.8 Å². The quantitative estimate of drug-likeness (QED) is 0.401. The van der Waals surface area contributed by atoms with Crippen molar-refractivity contribution in [3.05, 3.63) is 63.6 Å². The van der Waals surface area contributed by atoms with Crippen LogP contribution in [0.2, 0.25) is 5.02 Å². The van der Waals surface area contributed by atoms with Crippen molar-refractivity contribution < 1.29 is 14.6 Å². The molecule has 0 unspecified atom stereocenters. The average molecular weight is 427 g/mol. The summed E-state index contributed by atoms with van der Waals surface area (Å²) in [6.07, 6.45) is 5.29. The van der Waals surface area contributed by atoms with E-state index in [4.69, 9.17) is 16.6 Å². The lowest BCUT2D eigenvalue weighted by molar-refractivity contribution is 0.425. The van der Waals surface area contributed by atoms with Crippen molar-refractivity contribution in [2.75, 3.05) is 5.32 Å². The molecular formula is C20H16ClFN6O2. The zero-order valence-electron chi connectivity index (χ0n) is 15.5. The van der Waals surface area contributed by atoms with Gasteiger partial charge in [0.1, 0.15) is 11.6 Å². The van der Waals surface area contributed by atoms with Crippen molar-refractivity contribution in [3.63, 3.8) is 0 Å². The monoisotopic (exact) mass is 426 g/mol. The third-order valence-corrected chi connectivity index (χ3v) is 4.97. The predicted molar refractivity (Wildman–Crippen MR) is 109 cm³/mol. The number of hydrogen-bond acceptors (Lipinski definition) is 6. The molecule has 8 nitrogen and oxygen atoms in total. The number of halogens is 2. The summed E-state index contributed by atoms with van der Waals surface area (Å²) in [5.41, 5.74) is 2.01. The molecule has 3 aromatic heterocycles. The second-order valence-corrected chi connectivity index (χ2v) is 7.45. The summed E-state index contributed by atoms with van der Waals surface area (Å²) in [4.78, 5) is 11.7. The molecule has 5 rings (SSSR count). The molecule has 10 heteroatoms. The van der Waals surface area contributed by atoms with E-state index in [-0.39, 0.29) is 22.8 Å². The molecule has 30 heavy (non-hydrogen) atoms. The Labute approximate surface area is 174 Å². The molecule has 1 aliphatic rings. The number of nitrogens with one attached hydrogen (secondary N) is 2. The van der Waals surface area contributed by atoms with E-state index in [9.17, 15) is 14.6 Å². The van der Waals surface area contributed by atoms with Gasteiger partial charge in [0, 0.05) is 22.9 Å². The number of rotatable bonds is 4. The van der Waals surface area contributed by atoms with E-state index >= 15 is 0 Å². The Balaban J connectivity index is 1.67. The molecule has 4 N–H and O–H groups in total. The number of anilines is 2. The number of fused-ring (bicyclic) bond motifs is 1. The molecule has 152 valence electrons. The van der Waals surface area contributed by atoms with E-state index in [1.165, 1.54) is 24.3 Å². The van der Waals surface area contributed by atoms with Crippen molar-refractivity contribution in [2.45, 2.75) is 18.9 Å². The van der Waals surface area contributed by atoms with Crippen LogP contribution < -0.4 is 16.0 Å². The first-order chi connectivity index (χ1) is 14.5. The zero-order chi connectivity index (χ0) is 20.8. The van der Waals surface area contributed by atoms with Gasteiger partial charge in [-0.2, -0.15) is 9.61 Å². The van der Waals surface area contributed by atoms with Crippen LogP contribution in [0.1, 0.15) is 18.4 Å². The highest BCUT2D eigenvalue weighted by molar-refractivity contribution is 6.33. The molecule has 1 saturated carbocycles. The van der Waals surface area contributed by atoms with Gasteiger partial charge in [-0.15, -0.1) is 0 Å². The molecule has 0 atom stereocenters. The Bertz CT molecular complexity index is 1390. The molecule has 0 spiro atoms. The summed E-state index contributed by atoms with van der Waals surface area (Å²) < 4.78 is 15.0. The fourth-order valence-electron chi connectivity index (χ4n) is 3.06. The maximum Gasteiger partial charge on any atom is 0.198 e. The fraction of sp³-hybridized carbons (Fsp3) is 0.150. The fourth-order valence-corrected chi connectivity index (χ4v) is 3.28. The number of nitrogens with zero attached hydrogens (tertiary/aromatic N) is 4. The van der Waals surface area contributed by atoms with Crippen molar-refractivity contribution in [1.29, 1.82) is 0 Å². The van der Waals surface area contributed by atoms with E-state index in [0.29, 0.717) is 33.4 Å². The van der Waals surface area contributed by atoms with Crippen LogP contribution in [0.5, 0.6) is 11.8 Å². The van der Waals surface area contributed by atoms with Gasteiger partial charge in [0.2, 0.25) is 0 Å². The van der Waals surface area contributed by atoms with Gasteiger partial charge < -0.3 is 15.5 Å². The SMILES string of the molecule is Oc1cc(C=c2cnn3c(=NC4CC4)cc(Nc4ccc(F)cc4Cl)nc23)c(O)[nH]1. The Morgan fingerprint density at radius 1 is 1.27 bits per heavy atom. The lowest BCUT2D eigenvalue weighted by Crippen LogP contribution is -2.19. The van der Waals surface area contributed by atoms with Crippen LogP contribution in [0.4, 0.5) is 15.9 Å². The standard InChI is InChI=1S/C20H16ClFN6O2/c21-14-7-12(22)1-4-15(14)25-16-8-17(24-13-2-3-13)28-19(26-16)11(9-23-28)5-10-6-18(29)27-20(10)30/h1,4-9,13,25,27,29-30H,2-3H2. The van der Waals surface area contributed by atoms with Gasteiger partial charge in [-0.25, -0.2) is 9.37 Å². The highest BCUT2D eigenvalue weighted by Gasteiger charge is 2.20. The number of H-pyrrole nitrogens is 1. The Kier molecular flexibility index (Phi) is 4.32. The number of aromatic amines is 1. The number of aromatic nitrogens is 4. The Morgan fingerprint density at radius 2 is 2.10 bits per heavy atom. The number of hydrogen-bond donors (Lipinski definition) is 4. The van der Waals surface area contributed by atoms with Gasteiger partial charge in [-0.1, -0.05) is 11.6 Å². The van der Waals surface area contributed by atoms with Crippen LogP contribution in [-0.2, 0) is 0 Å². The summed E-state index contributed by atoms with van der Waals surface area (Å²) >= 11 is 6.14. The summed E-state index contributed by atoms with van der Waals surface area (Å²) in [7, 11) is 0. The maximum atomic E-state index is 13.4. The van der Waals surface area contributed by atoms with E-state index < -0.39 is 5.82 Å². The zero-order valence-corrected chi connectivity index (χ0v) is 16.2. The summed E-state index contributed by atoms with van der Waals surface area (Å²) in [5, 5.41) is 27.8. The predicted octanol–water partition coefficient (Wildman–Crippen LogP) is 2.62. The molecular weight excluding hydrogens is 411 g/mol. The minimum absolute atomic E-state index is 0.152. The van der Waals surface area contributed by atoms with E-state index in [1.54, 1.807) is 22.9 Å². The highest BCUT2D eigenvalue weighted by Crippen LogP contribution is 2.26. The summed E-state index contributed by atoms with van der Waals surface area (Å²) in [5.74, 6) is -0.282. The van der Waals surface area contributed by atoms with Gasteiger partial charge >= 0.3 is 0 Å². The summed E-state index contributed by atoms with van der Waals surface area (Å²) in [6, 6.07) is 7.46. The van der Waals surface area contributed by atoms with Crippen LogP contribution in [0.15, 0.2) is 41.5 Å². The molecule has 1 aromatic carbocycles. The van der Waals surface area contributed by atoms with Crippen molar-refractivity contribution in [3.8, 4) is 11.8 Å². The molecule has 0 bridgehead atoms. The van der Waals surface area contributed by atoms with Crippen molar-refractivity contribution >= 4 is 34.8 Å². The normalized spacial score (nSPS) is 15.3. The second kappa shape index (κ2) is 7.03. The topological polar surface area (TPSA) is 111 Å². The number of benzene rings is 1. The van der Waals surface area contributed by atoms with Gasteiger partial charge in [0.25, 0.3) is 0 Å². The van der Waals surface area contributed by atoms with Crippen molar-refractivity contribution in [1.82, 2.24) is 19.6 Å². The number of aromatic hydroxyl groups is 2. The van der Waals surface area contributed by atoms with Gasteiger partial charge in [-0.3, -0.25) is 9.98 Å². The first-order valence-electron chi connectivity index (χ1n) is 9.23. The Morgan fingerprint density at radius 3 is 2.80 bits per heavy atom. The van der Waals surface area contributed by atoms with Gasteiger partial charge in [-0.05, 0) is 37.1 Å². The van der Waals surface area contributed by atoms with Crippen LogP contribution in [0.3, 0.4) is 0 Å². The maximum absolute atomic E-state index is 13.4. The second-order valence-electron chi connectivity index (χ2n) is 7.05. The lowest BCUT2D eigenvalue weighted by Gasteiger charge is -2.08. The highest BCUT2D eigenvalue weighted by atomic mass is 35.5. The molecule has 1 fully saturated rings.